The fraction of sp³-hybridized carbons (Fsp3) is 0.238. The molecule has 2 amide bonds. The lowest BCUT2D eigenvalue weighted by Crippen LogP contribution is -2.36. The quantitative estimate of drug-likeness (QED) is 0.847. The van der Waals surface area contributed by atoms with E-state index in [2.05, 4.69) is 5.32 Å². The van der Waals surface area contributed by atoms with Crippen molar-refractivity contribution >= 4 is 23.6 Å². The topological polar surface area (TPSA) is 67.9 Å². The third-order valence-electron chi connectivity index (χ3n) is 4.64. The van der Waals surface area contributed by atoms with Gasteiger partial charge in [0.1, 0.15) is 0 Å². The van der Waals surface area contributed by atoms with Crippen molar-refractivity contribution < 1.29 is 19.1 Å². The Labute approximate surface area is 157 Å². The maximum atomic E-state index is 12.3. The van der Waals surface area contributed by atoms with Crippen LogP contribution in [0.5, 0.6) is 11.5 Å². The maximum Gasteiger partial charge on any atom is 0.244 e. The fourth-order valence-corrected chi connectivity index (χ4v) is 3.22. The van der Waals surface area contributed by atoms with E-state index in [0.29, 0.717) is 24.5 Å². The van der Waals surface area contributed by atoms with Gasteiger partial charge in [-0.25, -0.2) is 0 Å². The van der Waals surface area contributed by atoms with Crippen LogP contribution >= 0.6 is 0 Å². The summed E-state index contributed by atoms with van der Waals surface area (Å²) in [5.74, 6) is 1.17. The van der Waals surface area contributed by atoms with Crippen LogP contribution in [0.15, 0.2) is 48.5 Å². The molecule has 2 aliphatic rings. The second-order valence-electron chi connectivity index (χ2n) is 6.70. The van der Waals surface area contributed by atoms with E-state index in [1.807, 2.05) is 49.4 Å². The van der Waals surface area contributed by atoms with Gasteiger partial charge in [0.15, 0.2) is 11.5 Å². The molecule has 0 spiro atoms. The van der Waals surface area contributed by atoms with Gasteiger partial charge in [-0.1, -0.05) is 23.8 Å². The lowest BCUT2D eigenvalue weighted by atomic mass is 10.2. The Hall–Kier alpha value is -3.28. The van der Waals surface area contributed by atoms with Gasteiger partial charge < -0.3 is 19.7 Å². The number of benzene rings is 2. The van der Waals surface area contributed by atoms with E-state index in [1.54, 1.807) is 11.0 Å². The van der Waals surface area contributed by atoms with E-state index < -0.39 is 0 Å². The third kappa shape index (κ3) is 3.79. The number of rotatable bonds is 4. The molecule has 27 heavy (non-hydrogen) atoms. The first-order valence-electron chi connectivity index (χ1n) is 8.84. The van der Waals surface area contributed by atoms with Crippen molar-refractivity contribution in [2.24, 2.45) is 0 Å². The van der Waals surface area contributed by atoms with Crippen LogP contribution < -0.4 is 19.7 Å². The molecule has 0 unspecified atom stereocenters. The summed E-state index contributed by atoms with van der Waals surface area (Å²) in [6, 6.07) is 13.1. The van der Waals surface area contributed by atoms with Crippen LogP contribution in [0.4, 0.5) is 5.69 Å². The van der Waals surface area contributed by atoms with E-state index >= 15 is 0 Å². The molecule has 1 saturated heterocycles. The second-order valence-corrected chi connectivity index (χ2v) is 6.70. The van der Waals surface area contributed by atoms with Gasteiger partial charge in [-0.2, -0.15) is 0 Å². The summed E-state index contributed by atoms with van der Waals surface area (Å²) in [7, 11) is 0. The van der Waals surface area contributed by atoms with Crippen LogP contribution in [0, 0.1) is 6.92 Å². The predicted molar refractivity (Wildman–Crippen MR) is 102 cm³/mol. The van der Waals surface area contributed by atoms with Crippen molar-refractivity contribution in [3.63, 3.8) is 0 Å². The first kappa shape index (κ1) is 17.1. The van der Waals surface area contributed by atoms with Crippen LogP contribution in [-0.4, -0.2) is 31.2 Å². The Morgan fingerprint density at radius 3 is 2.74 bits per heavy atom. The molecule has 0 radical (unpaired) electrons. The molecule has 2 aromatic rings. The zero-order chi connectivity index (χ0) is 18.8. The summed E-state index contributed by atoms with van der Waals surface area (Å²) in [6.45, 7) is 2.70. The first-order chi connectivity index (χ1) is 13.1. The van der Waals surface area contributed by atoms with Gasteiger partial charge in [0.05, 0.1) is 6.04 Å². The zero-order valence-electron chi connectivity index (χ0n) is 15.0. The zero-order valence-corrected chi connectivity index (χ0v) is 15.0. The van der Waals surface area contributed by atoms with Crippen molar-refractivity contribution in [2.75, 3.05) is 18.2 Å². The molecule has 2 heterocycles. The summed E-state index contributed by atoms with van der Waals surface area (Å²) in [4.78, 5) is 26.2. The molecule has 138 valence electrons. The molecule has 2 aromatic carbocycles. The molecular formula is C21H20N2O4. The normalized spacial score (nSPS) is 18.3. The van der Waals surface area contributed by atoms with Crippen LogP contribution in [-0.2, 0) is 9.59 Å². The number of hydrogen-bond acceptors (Lipinski definition) is 4. The average molecular weight is 364 g/mol. The minimum Gasteiger partial charge on any atom is -0.454 e. The molecule has 0 aliphatic carbocycles. The molecule has 4 rings (SSSR count). The van der Waals surface area contributed by atoms with Crippen LogP contribution in [0.1, 0.15) is 17.5 Å². The number of amides is 2. The van der Waals surface area contributed by atoms with E-state index in [1.165, 1.54) is 6.08 Å². The lowest BCUT2D eigenvalue weighted by Gasteiger charge is -2.17. The summed E-state index contributed by atoms with van der Waals surface area (Å²) in [6.07, 6.45) is 3.49. The van der Waals surface area contributed by atoms with Gasteiger partial charge in [0, 0.05) is 24.7 Å². The van der Waals surface area contributed by atoms with Gasteiger partial charge in [-0.15, -0.1) is 0 Å². The molecule has 0 bridgehead atoms. The minimum absolute atomic E-state index is 0.0175. The monoisotopic (exact) mass is 364 g/mol. The molecule has 2 aliphatic heterocycles. The molecule has 1 atom stereocenters. The SMILES string of the molecule is Cc1ccc(N2C[C@@H](NC(=O)/C=C\c3ccc4c(c3)OCO4)CC2=O)cc1. The molecule has 6 heteroatoms. The van der Waals surface area contributed by atoms with Crippen LogP contribution in [0.25, 0.3) is 6.08 Å². The van der Waals surface area contributed by atoms with Crippen molar-refractivity contribution in [1.29, 1.82) is 0 Å². The molecule has 0 aromatic heterocycles. The Morgan fingerprint density at radius 2 is 1.93 bits per heavy atom. The molecule has 1 fully saturated rings. The van der Waals surface area contributed by atoms with Crippen molar-refractivity contribution in [3.05, 3.63) is 59.7 Å². The number of anilines is 1. The Morgan fingerprint density at radius 1 is 1.15 bits per heavy atom. The average Bonchev–Trinajstić information content (AvgIpc) is 3.26. The number of ether oxygens (including phenoxy) is 2. The highest BCUT2D eigenvalue weighted by Gasteiger charge is 2.31. The predicted octanol–water partition coefficient (Wildman–Crippen LogP) is 2.66. The standard InChI is InChI=1S/C21H20N2O4/c1-14-2-6-17(7-3-14)23-12-16(11-21(23)25)22-20(24)9-5-15-4-8-18-19(10-15)27-13-26-18/h2-10,16H,11-13H2,1H3,(H,22,24)/b9-5-/t16-/m0/s1. The van der Waals surface area contributed by atoms with Gasteiger partial charge >= 0.3 is 0 Å². The first-order valence-corrected chi connectivity index (χ1v) is 8.84. The molecule has 6 nitrogen and oxygen atoms in total. The Balaban J connectivity index is 1.36. The highest BCUT2D eigenvalue weighted by molar-refractivity contribution is 5.98. The van der Waals surface area contributed by atoms with E-state index in [4.69, 9.17) is 9.47 Å². The van der Waals surface area contributed by atoms with Crippen molar-refractivity contribution in [3.8, 4) is 11.5 Å². The lowest BCUT2D eigenvalue weighted by molar-refractivity contribution is -0.117. The number of nitrogens with one attached hydrogen (secondary N) is 1. The largest absolute Gasteiger partial charge is 0.454 e. The number of carbonyl (C=O) groups excluding carboxylic acids is 2. The van der Waals surface area contributed by atoms with E-state index in [-0.39, 0.29) is 24.6 Å². The highest BCUT2D eigenvalue weighted by Crippen LogP contribution is 2.32. The Bertz CT molecular complexity index is 905. The number of carbonyl (C=O) groups is 2. The molecule has 0 saturated carbocycles. The number of nitrogens with zero attached hydrogens (tertiary/aromatic N) is 1. The van der Waals surface area contributed by atoms with E-state index in [9.17, 15) is 9.59 Å². The minimum atomic E-state index is -0.226. The van der Waals surface area contributed by atoms with Crippen molar-refractivity contribution in [2.45, 2.75) is 19.4 Å². The highest BCUT2D eigenvalue weighted by atomic mass is 16.7. The van der Waals surface area contributed by atoms with Crippen LogP contribution in [0.3, 0.4) is 0 Å². The van der Waals surface area contributed by atoms with Gasteiger partial charge in [-0.3, -0.25) is 9.59 Å². The van der Waals surface area contributed by atoms with Gasteiger partial charge in [-0.05, 0) is 42.8 Å². The van der Waals surface area contributed by atoms with Crippen molar-refractivity contribution in [1.82, 2.24) is 5.32 Å². The second kappa shape index (κ2) is 7.15. The number of aryl methyl sites for hydroxylation is 1. The summed E-state index contributed by atoms with van der Waals surface area (Å²) >= 11 is 0. The summed E-state index contributed by atoms with van der Waals surface area (Å²) in [5.41, 5.74) is 2.85. The number of hydrogen-bond donors (Lipinski definition) is 1. The van der Waals surface area contributed by atoms with Crippen LogP contribution in [0.2, 0.25) is 0 Å². The summed E-state index contributed by atoms with van der Waals surface area (Å²) in [5, 5.41) is 2.90. The maximum absolute atomic E-state index is 12.3. The van der Waals surface area contributed by atoms with Gasteiger partial charge in [0.2, 0.25) is 18.6 Å². The smallest absolute Gasteiger partial charge is 0.244 e. The number of fused-ring (bicyclic) bond motifs is 1. The Kier molecular flexibility index (Phi) is 4.54. The van der Waals surface area contributed by atoms with Gasteiger partial charge in [0.25, 0.3) is 0 Å². The third-order valence-corrected chi connectivity index (χ3v) is 4.64. The molecular weight excluding hydrogens is 344 g/mol. The fourth-order valence-electron chi connectivity index (χ4n) is 3.22. The van der Waals surface area contributed by atoms with E-state index in [0.717, 1.165) is 16.8 Å². The summed E-state index contributed by atoms with van der Waals surface area (Å²) < 4.78 is 10.6. The molecule has 1 N–H and O–H groups in total.